The maximum atomic E-state index is 14.1. The van der Waals surface area contributed by atoms with Crippen LogP contribution in [0.4, 0.5) is 5.69 Å². The van der Waals surface area contributed by atoms with E-state index >= 15 is 0 Å². The molecule has 0 bridgehead atoms. The van der Waals surface area contributed by atoms with Crippen molar-refractivity contribution in [2.75, 3.05) is 65.2 Å². The molecule has 0 saturated carbocycles. The summed E-state index contributed by atoms with van der Waals surface area (Å²) in [6.45, 7) is 9.13. The Hall–Kier alpha value is -3.32. The largest absolute Gasteiger partial charge is 0.490 e. The number of nitrogens with zero attached hydrogens (tertiary/aromatic N) is 2. The lowest BCUT2D eigenvalue weighted by atomic mass is 9.83. The number of sulfonamides is 1. The van der Waals surface area contributed by atoms with Gasteiger partial charge in [-0.05, 0) is 60.7 Å². The van der Waals surface area contributed by atoms with Crippen molar-refractivity contribution in [3.8, 4) is 5.75 Å². The summed E-state index contributed by atoms with van der Waals surface area (Å²) in [5.41, 5.74) is 5.06. The van der Waals surface area contributed by atoms with Crippen LogP contribution in [0.1, 0.15) is 54.4 Å². The van der Waals surface area contributed by atoms with Crippen molar-refractivity contribution in [1.29, 1.82) is 0 Å². The van der Waals surface area contributed by atoms with Crippen molar-refractivity contribution in [2.45, 2.75) is 69.3 Å². The second-order valence-corrected chi connectivity index (χ2v) is 15.3. The number of benzene rings is 3. The van der Waals surface area contributed by atoms with Crippen LogP contribution >= 0.6 is 0 Å². The van der Waals surface area contributed by atoms with Gasteiger partial charge in [-0.25, -0.2) is 8.42 Å². The minimum atomic E-state index is -3.89. The van der Waals surface area contributed by atoms with Crippen LogP contribution in [0.3, 0.4) is 0 Å². The normalized spacial score (nSPS) is 20.2. The monoisotopic (exact) mass is 708 g/mol. The Bertz CT molecular complexity index is 1620. The number of carbonyl (C=O) groups is 1. The van der Waals surface area contributed by atoms with Crippen LogP contribution in [0.25, 0.3) is 0 Å². The highest BCUT2D eigenvalue weighted by atomic mass is 32.2. The van der Waals surface area contributed by atoms with E-state index in [4.69, 9.17) is 23.7 Å². The van der Waals surface area contributed by atoms with E-state index in [9.17, 15) is 13.2 Å². The number of anilines is 1. The van der Waals surface area contributed by atoms with Gasteiger partial charge in [-0.2, -0.15) is 4.31 Å². The van der Waals surface area contributed by atoms with Crippen LogP contribution in [0.15, 0.2) is 71.6 Å². The summed E-state index contributed by atoms with van der Waals surface area (Å²) in [5.74, 6) is 1.01. The Balaban J connectivity index is 1.39. The number of carbonyl (C=O) groups excluding carboxylic acids is 1. The van der Waals surface area contributed by atoms with Gasteiger partial charge in [0.1, 0.15) is 18.6 Å². The molecule has 4 atom stereocenters. The summed E-state index contributed by atoms with van der Waals surface area (Å²) in [6, 6.07) is 20.7. The number of piperidine rings is 1. The highest BCUT2D eigenvalue weighted by molar-refractivity contribution is 7.89. The molecule has 2 aliphatic heterocycles. The van der Waals surface area contributed by atoms with E-state index in [1.807, 2.05) is 19.1 Å². The van der Waals surface area contributed by atoms with Gasteiger partial charge in [-0.15, -0.1) is 0 Å². The lowest BCUT2D eigenvalue weighted by Crippen LogP contribution is -2.52. The molecular formula is C39H52N2O8S. The van der Waals surface area contributed by atoms with Crippen LogP contribution in [0, 0.1) is 12.8 Å². The molecular weight excluding hydrogens is 657 g/mol. The zero-order valence-electron chi connectivity index (χ0n) is 29.8. The molecule has 0 aromatic heterocycles. The van der Waals surface area contributed by atoms with Crippen molar-refractivity contribution in [3.05, 3.63) is 89.0 Å². The first-order chi connectivity index (χ1) is 24.2. The Morgan fingerprint density at radius 1 is 0.960 bits per heavy atom. The Labute approximate surface area is 297 Å². The fourth-order valence-electron chi connectivity index (χ4n) is 6.82. The molecule has 272 valence electrons. The molecule has 0 N–H and O–H groups in total. The number of aldehydes is 1. The molecule has 1 unspecified atom stereocenters. The maximum absolute atomic E-state index is 14.1. The lowest BCUT2D eigenvalue weighted by Gasteiger charge is -2.43. The smallest absolute Gasteiger partial charge is 0.243 e. The standard InChI is InChI=1S/C39H52N2O8S/c1-29-6-13-35(14-7-29)50(43,44)41-24-39(49-28-32-10-15-38-37(22-32)40(18-21-48-38)17-5-20-45-3)36(23-34(41)16-19-42)33-11-8-31(9-12-33)27-47-26-30(2)25-46-4/h6-15,19,22,30,34,36,39H,5,16-18,20-21,23-28H2,1-4H3/t30?,34-,36-,39+/m1/s1. The van der Waals surface area contributed by atoms with Crippen molar-refractivity contribution in [2.24, 2.45) is 5.92 Å². The van der Waals surface area contributed by atoms with Gasteiger partial charge < -0.3 is 33.4 Å². The van der Waals surface area contributed by atoms with Gasteiger partial charge in [-0.1, -0.05) is 55.0 Å². The fraction of sp³-hybridized carbons (Fsp3) is 0.513. The molecule has 2 heterocycles. The number of hydrogen-bond donors (Lipinski definition) is 0. The SMILES string of the molecule is COCCCN1CCOc2ccc(CO[C@H]3CN(S(=O)(=O)c4ccc(C)cc4)[C@H](CC=O)C[C@@H]3c3ccc(COCC(C)COC)cc3)cc21. The molecule has 1 fully saturated rings. The third-order valence-electron chi connectivity index (χ3n) is 9.49. The highest BCUT2D eigenvalue weighted by Gasteiger charge is 2.42. The minimum absolute atomic E-state index is 0.101. The molecule has 2 aliphatic rings. The zero-order valence-corrected chi connectivity index (χ0v) is 30.6. The Morgan fingerprint density at radius 3 is 2.44 bits per heavy atom. The molecule has 0 radical (unpaired) electrons. The van der Waals surface area contributed by atoms with Gasteiger partial charge in [-0.3, -0.25) is 0 Å². The van der Waals surface area contributed by atoms with Gasteiger partial charge in [0.15, 0.2) is 0 Å². The number of ether oxygens (including phenoxy) is 5. The fourth-order valence-corrected chi connectivity index (χ4v) is 8.47. The maximum Gasteiger partial charge on any atom is 0.243 e. The van der Waals surface area contributed by atoms with Gasteiger partial charge in [0.25, 0.3) is 0 Å². The third kappa shape index (κ3) is 9.71. The number of rotatable bonds is 18. The molecule has 0 spiro atoms. The predicted octanol–water partition coefficient (Wildman–Crippen LogP) is 5.75. The summed E-state index contributed by atoms with van der Waals surface area (Å²) >= 11 is 0. The third-order valence-corrected chi connectivity index (χ3v) is 11.4. The number of methoxy groups -OCH3 is 2. The predicted molar refractivity (Wildman–Crippen MR) is 193 cm³/mol. The van der Waals surface area contributed by atoms with Crippen LogP contribution < -0.4 is 9.64 Å². The van der Waals surface area contributed by atoms with Crippen molar-refractivity contribution >= 4 is 22.0 Å². The minimum Gasteiger partial charge on any atom is -0.490 e. The quantitative estimate of drug-likeness (QED) is 0.121. The first-order valence-electron chi connectivity index (χ1n) is 17.5. The van der Waals surface area contributed by atoms with E-state index in [1.165, 1.54) is 4.31 Å². The summed E-state index contributed by atoms with van der Waals surface area (Å²) in [4.78, 5) is 14.5. The zero-order chi connectivity index (χ0) is 35.5. The molecule has 50 heavy (non-hydrogen) atoms. The van der Waals surface area contributed by atoms with E-state index < -0.39 is 22.2 Å². The molecule has 0 amide bonds. The van der Waals surface area contributed by atoms with Gasteiger partial charge in [0, 0.05) is 58.2 Å². The number of aryl methyl sites for hydroxylation is 1. The molecule has 10 nitrogen and oxygen atoms in total. The van der Waals surface area contributed by atoms with Crippen LogP contribution in [0.5, 0.6) is 5.75 Å². The molecule has 1 saturated heterocycles. The van der Waals surface area contributed by atoms with Crippen LogP contribution in [-0.2, 0) is 47.0 Å². The highest BCUT2D eigenvalue weighted by Crippen LogP contribution is 2.39. The molecule has 3 aromatic rings. The lowest BCUT2D eigenvalue weighted by molar-refractivity contribution is -0.109. The number of hydrogen-bond acceptors (Lipinski definition) is 9. The first-order valence-corrected chi connectivity index (χ1v) is 19.0. The molecule has 0 aliphatic carbocycles. The van der Waals surface area contributed by atoms with Crippen molar-refractivity contribution < 1.29 is 36.9 Å². The first kappa shape index (κ1) is 37.9. The molecule has 11 heteroatoms. The van der Waals surface area contributed by atoms with Crippen molar-refractivity contribution in [1.82, 2.24) is 4.31 Å². The topological polar surface area (TPSA) is 104 Å². The molecule has 5 rings (SSSR count). The average molecular weight is 709 g/mol. The van der Waals surface area contributed by atoms with E-state index in [0.29, 0.717) is 52.0 Å². The van der Waals surface area contributed by atoms with E-state index in [-0.39, 0.29) is 23.8 Å². The second kappa shape index (κ2) is 18.3. The van der Waals surface area contributed by atoms with Gasteiger partial charge >= 0.3 is 0 Å². The Morgan fingerprint density at radius 2 is 1.72 bits per heavy atom. The van der Waals surface area contributed by atoms with E-state index in [1.54, 1.807) is 38.5 Å². The Kier molecular flexibility index (Phi) is 13.8. The van der Waals surface area contributed by atoms with E-state index in [2.05, 4.69) is 42.2 Å². The van der Waals surface area contributed by atoms with Crippen LogP contribution in [-0.4, -0.2) is 91.4 Å². The van der Waals surface area contributed by atoms with Gasteiger partial charge in [0.2, 0.25) is 10.0 Å². The average Bonchev–Trinajstić information content (AvgIpc) is 3.12. The van der Waals surface area contributed by atoms with E-state index in [0.717, 1.165) is 59.5 Å². The number of fused-ring (bicyclic) bond motifs is 1. The van der Waals surface area contributed by atoms with Crippen LogP contribution in [0.2, 0.25) is 0 Å². The summed E-state index contributed by atoms with van der Waals surface area (Å²) in [6.07, 6.45) is 1.82. The molecule has 3 aromatic carbocycles. The summed E-state index contributed by atoms with van der Waals surface area (Å²) < 4.78 is 58.7. The summed E-state index contributed by atoms with van der Waals surface area (Å²) in [5, 5.41) is 0. The second-order valence-electron chi connectivity index (χ2n) is 13.4. The van der Waals surface area contributed by atoms with Gasteiger partial charge in [0.05, 0.1) is 49.7 Å². The summed E-state index contributed by atoms with van der Waals surface area (Å²) in [7, 11) is -0.492. The van der Waals surface area contributed by atoms with Crippen molar-refractivity contribution in [3.63, 3.8) is 0 Å².